The van der Waals surface area contributed by atoms with E-state index in [0.29, 0.717) is 28.6 Å². The fourth-order valence-electron chi connectivity index (χ4n) is 2.54. The Morgan fingerprint density at radius 2 is 1.75 bits per heavy atom. The standard InChI is InChI=1S/C21H19NO6/c1-25-18-9-8-15(10-19(18)26-2)17(23)13-27-20(24)11-16-12-28-21(22-16)14-6-4-3-5-7-14/h3-10,12H,11,13H2,1-2H3. The van der Waals surface area contributed by atoms with Crippen molar-refractivity contribution in [2.24, 2.45) is 0 Å². The number of hydrogen-bond donors (Lipinski definition) is 0. The van der Waals surface area contributed by atoms with Gasteiger partial charge in [0.25, 0.3) is 0 Å². The fourth-order valence-corrected chi connectivity index (χ4v) is 2.54. The second-order valence-electron chi connectivity index (χ2n) is 5.84. The molecule has 0 amide bonds. The number of methoxy groups -OCH3 is 2. The summed E-state index contributed by atoms with van der Waals surface area (Å²) < 4.78 is 20.7. The third-order valence-electron chi connectivity index (χ3n) is 3.97. The maximum absolute atomic E-state index is 12.3. The highest BCUT2D eigenvalue weighted by Crippen LogP contribution is 2.27. The zero-order valence-corrected chi connectivity index (χ0v) is 15.5. The molecule has 0 bridgehead atoms. The molecule has 28 heavy (non-hydrogen) atoms. The zero-order valence-electron chi connectivity index (χ0n) is 15.5. The van der Waals surface area contributed by atoms with Crippen molar-refractivity contribution in [3.8, 4) is 23.0 Å². The molecule has 1 aromatic heterocycles. The van der Waals surface area contributed by atoms with E-state index in [1.54, 1.807) is 18.2 Å². The average Bonchev–Trinajstić information content (AvgIpc) is 3.20. The van der Waals surface area contributed by atoms with E-state index in [0.717, 1.165) is 5.56 Å². The lowest BCUT2D eigenvalue weighted by molar-refractivity contribution is -0.141. The van der Waals surface area contributed by atoms with Gasteiger partial charge < -0.3 is 18.6 Å². The Kier molecular flexibility index (Phi) is 6.06. The van der Waals surface area contributed by atoms with Crippen LogP contribution in [0.5, 0.6) is 11.5 Å². The van der Waals surface area contributed by atoms with E-state index in [1.165, 1.54) is 20.5 Å². The van der Waals surface area contributed by atoms with Crippen LogP contribution in [0.3, 0.4) is 0 Å². The first kappa shape index (κ1) is 19.2. The van der Waals surface area contributed by atoms with E-state index in [9.17, 15) is 9.59 Å². The third kappa shape index (κ3) is 4.56. The number of carbonyl (C=O) groups is 2. The summed E-state index contributed by atoms with van der Waals surface area (Å²) in [5, 5.41) is 0. The lowest BCUT2D eigenvalue weighted by Gasteiger charge is -2.09. The van der Waals surface area contributed by atoms with E-state index in [4.69, 9.17) is 18.6 Å². The Balaban J connectivity index is 1.56. The van der Waals surface area contributed by atoms with Crippen LogP contribution in [0.15, 0.2) is 59.2 Å². The molecule has 3 aromatic rings. The predicted molar refractivity (Wildman–Crippen MR) is 100 cm³/mol. The van der Waals surface area contributed by atoms with Crippen molar-refractivity contribution in [3.63, 3.8) is 0 Å². The number of carbonyl (C=O) groups excluding carboxylic acids is 2. The lowest BCUT2D eigenvalue weighted by Crippen LogP contribution is -2.16. The maximum Gasteiger partial charge on any atom is 0.312 e. The number of benzene rings is 2. The summed E-state index contributed by atoms with van der Waals surface area (Å²) in [7, 11) is 2.99. The van der Waals surface area contributed by atoms with Crippen molar-refractivity contribution in [2.45, 2.75) is 6.42 Å². The van der Waals surface area contributed by atoms with E-state index >= 15 is 0 Å². The van der Waals surface area contributed by atoms with Gasteiger partial charge in [0.05, 0.1) is 26.3 Å². The highest BCUT2D eigenvalue weighted by molar-refractivity contribution is 5.98. The van der Waals surface area contributed by atoms with E-state index < -0.39 is 5.97 Å². The van der Waals surface area contributed by atoms with Crippen LogP contribution in [0.1, 0.15) is 16.1 Å². The SMILES string of the molecule is COc1ccc(C(=O)COC(=O)Cc2coc(-c3ccccc3)n2)cc1OC. The van der Waals surface area contributed by atoms with Crippen LogP contribution >= 0.6 is 0 Å². The number of esters is 1. The number of nitrogens with zero attached hydrogens (tertiary/aromatic N) is 1. The Labute approximate surface area is 161 Å². The second-order valence-corrected chi connectivity index (χ2v) is 5.84. The van der Waals surface area contributed by atoms with Crippen molar-refractivity contribution in [2.75, 3.05) is 20.8 Å². The summed E-state index contributed by atoms with van der Waals surface area (Å²) in [5.41, 5.74) is 1.60. The van der Waals surface area contributed by atoms with Gasteiger partial charge in [0.2, 0.25) is 5.89 Å². The Morgan fingerprint density at radius 3 is 2.46 bits per heavy atom. The molecule has 0 unspecified atom stereocenters. The predicted octanol–water partition coefficient (Wildman–Crippen LogP) is 3.33. The molecule has 0 radical (unpaired) electrons. The van der Waals surface area contributed by atoms with Gasteiger partial charge in [-0.25, -0.2) is 4.98 Å². The van der Waals surface area contributed by atoms with Crippen molar-refractivity contribution >= 4 is 11.8 Å². The molecule has 0 saturated heterocycles. The highest BCUT2D eigenvalue weighted by atomic mass is 16.5. The average molecular weight is 381 g/mol. The smallest absolute Gasteiger partial charge is 0.312 e. The highest BCUT2D eigenvalue weighted by Gasteiger charge is 2.15. The van der Waals surface area contributed by atoms with Gasteiger partial charge in [0, 0.05) is 11.1 Å². The van der Waals surface area contributed by atoms with Gasteiger partial charge in [-0.2, -0.15) is 0 Å². The summed E-state index contributed by atoms with van der Waals surface area (Å²) >= 11 is 0. The van der Waals surface area contributed by atoms with Gasteiger partial charge >= 0.3 is 5.97 Å². The minimum absolute atomic E-state index is 0.0878. The first-order valence-corrected chi connectivity index (χ1v) is 8.51. The number of ether oxygens (including phenoxy) is 3. The summed E-state index contributed by atoms with van der Waals surface area (Å²) in [6.07, 6.45) is 1.31. The van der Waals surface area contributed by atoms with Crippen molar-refractivity contribution < 1.29 is 28.2 Å². The molecule has 0 spiro atoms. The van der Waals surface area contributed by atoms with Gasteiger partial charge in [-0.3, -0.25) is 9.59 Å². The summed E-state index contributed by atoms with van der Waals surface area (Å²) in [4.78, 5) is 28.5. The van der Waals surface area contributed by atoms with Crippen LogP contribution in [0.25, 0.3) is 11.5 Å². The maximum atomic E-state index is 12.3. The molecule has 0 atom stereocenters. The van der Waals surface area contributed by atoms with Crippen LogP contribution in [-0.2, 0) is 16.0 Å². The fraction of sp³-hybridized carbons (Fsp3) is 0.190. The molecular weight excluding hydrogens is 362 g/mol. The molecule has 0 aliphatic carbocycles. The van der Waals surface area contributed by atoms with Crippen molar-refractivity contribution in [1.82, 2.24) is 4.98 Å². The van der Waals surface area contributed by atoms with Crippen LogP contribution in [-0.4, -0.2) is 37.6 Å². The van der Waals surface area contributed by atoms with Crippen molar-refractivity contribution in [3.05, 3.63) is 66.1 Å². The number of hydrogen-bond acceptors (Lipinski definition) is 7. The summed E-state index contributed by atoms with van der Waals surface area (Å²) in [6, 6.07) is 14.1. The topological polar surface area (TPSA) is 87.9 Å². The minimum atomic E-state index is -0.568. The molecule has 0 fully saturated rings. The van der Waals surface area contributed by atoms with E-state index in [-0.39, 0.29) is 18.8 Å². The molecule has 7 heteroatoms. The zero-order chi connectivity index (χ0) is 19.9. The lowest BCUT2D eigenvalue weighted by atomic mass is 10.1. The van der Waals surface area contributed by atoms with Crippen LogP contribution in [0.2, 0.25) is 0 Å². The quantitative estimate of drug-likeness (QED) is 0.437. The van der Waals surface area contributed by atoms with Crippen LogP contribution in [0, 0.1) is 0 Å². The molecule has 3 rings (SSSR count). The third-order valence-corrected chi connectivity index (χ3v) is 3.97. The van der Waals surface area contributed by atoms with E-state index in [1.807, 2.05) is 30.3 Å². The summed E-state index contributed by atoms with van der Waals surface area (Å²) in [5.74, 6) is 0.443. The largest absolute Gasteiger partial charge is 0.493 e. The first-order chi connectivity index (χ1) is 13.6. The Bertz CT molecular complexity index is 964. The molecule has 0 N–H and O–H groups in total. The van der Waals surface area contributed by atoms with Crippen LogP contribution < -0.4 is 9.47 Å². The minimum Gasteiger partial charge on any atom is -0.493 e. The van der Waals surface area contributed by atoms with Crippen molar-refractivity contribution in [1.29, 1.82) is 0 Å². The molecule has 0 aliphatic heterocycles. The first-order valence-electron chi connectivity index (χ1n) is 8.51. The van der Waals surface area contributed by atoms with Crippen LogP contribution in [0.4, 0.5) is 0 Å². The number of oxazole rings is 1. The molecule has 0 aliphatic rings. The second kappa shape index (κ2) is 8.85. The molecule has 0 saturated carbocycles. The molecule has 7 nitrogen and oxygen atoms in total. The summed E-state index contributed by atoms with van der Waals surface area (Å²) in [6.45, 7) is -0.377. The number of aromatic nitrogens is 1. The van der Waals surface area contributed by atoms with Gasteiger partial charge in [-0.1, -0.05) is 18.2 Å². The normalized spacial score (nSPS) is 10.4. The van der Waals surface area contributed by atoms with Gasteiger partial charge in [-0.15, -0.1) is 0 Å². The number of rotatable bonds is 8. The molecule has 144 valence electrons. The Morgan fingerprint density at radius 1 is 1.00 bits per heavy atom. The molecule has 2 aromatic carbocycles. The Hall–Kier alpha value is -3.61. The van der Waals surface area contributed by atoms with E-state index in [2.05, 4.69) is 4.98 Å². The molecular formula is C21H19NO6. The van der Waals surface area contributed by atoms with Gasteiger partial charge in [0.1, 0.15) is 6.26 Å². The number of Topliss-reactive ketones (excluding diaryl/α,β-unsaturated/α-hetero) is 1. The number of ketones is 1. The monoisotopic (exact) mass is 381 g/mol. The van der Waals surface area contributed by atoms with Gasteiger partial charge in [0.15, 0.2) is 23.9 Å². The molecule has 1 heterocycles. The van der Waals surface area contributed by atoms with Gasteiger partial charge in [-0.05, 0) is 30.3 Å².